The van der Waals surface area contributed by atoms with E-state index in [4.69, 9.17) is 0 Å². The van der Waals surface area contributed by atoms with E-state index in [2.05, 4.69) is 37.5 Å². The Labute approximate surface area is 173 Å². The predicted octanol–water partition coefficient (Wildman–Crippen LogP) is 2.12. The van der Waals surface area contributed by atoms with E-state index in [1.807, 2.05) is 43.0 Å². The number of rotatable bonds is 5. The first-order valence-corrected chi connectivity index (χ1v) is 10.5. The Morgan fingerprint density at radius 3 is 2.69 bits per heavy atom. The molecule has 1 saturated heterocycles. The number of aryl methyl sites for hydroxylation is 2. The van der Waals surface area contributed by atoms with E-state index in [-0.39, 0.29) is 5.91 Å². The van der Waals surface area contributed by atoms with Gasteiger partial charge in [0.15, 0.2) is 0 Å². The normalized spacial score (nSPS) is 14.3. The summed E-state index contributed by atoms with van der Waals surface area (Å²) in [5, 5.41) is 12.7. The largest absolute Gasteiger partial charge is 0.353 e. The fourth-order valence-electron chi connectivity index (χ4n) is 3.31. The molecule has 4 rings (SSSR count). The molecule has 150 valence electrons. The summed E-state index contributed by atoms with van der Waals surface area (Å²) in [6.45, 7) is 7.02. The van der Waals surface area contributed by atoms with Gasteiger partial charge >= 0.3 is 0 Å². The molecule has 0 atom stereocenters. The van der Waals surface area contributed by atoms with Crippen LogP contribution in [0.2, 0.25) is 0 Å². The number of hydrogen-bond donors (Lipinski definition) is 0. The SMILES string of the molecule is Cc1ccc(C)c(-n2nnnc2SCC(=O)N2CCN(c3ccccn3)CC2)c1. The minimum atomic E-state index is 0.103. The second kappa shape index (κ2) is 8.60. The number of hydrogen-bond acceptors (Lipinski definition) is 7. The van der Waals surface area contributed by atoms with Crippen molar-refractivity contribution in [3.8, 4) is 5.69 Å². The monoisotopic (exact) mass is 409 g/mol. The van der Waals surface area contributed by atoms with E-state index < -0.39 is 0 Å². The number of carbonyl (C=O) groups is 1. The molecule has 0 N–H and O–H groups in total. The number of tetrazole rings is 1. The van der Waals surface area contributed by atoms with Gasteiger partial charge in [-0.1, -0.05) is 30.0 Å². The molecular formula is C20H23N7OS. The number of anilines is 1. The maximum atomic E-state index is 12.7. The van der Waals surface area contributed by atoms with Crippen molar-refractivity contribution in [1.82, 2.24) is 30.1 Å². The highest BCUT2D eigenvalue weighted by Gasteiger charge is 2.22. The molecule has 1 aromatic carbocycles. The minimum Gasteiger partial charge on any atom is -0.353 e. The van der Waals surface area contributed by atoms with Crippen LogP contribution < -0.4 is 4.90 Å². The molecule has 0 unspecified atom stereocenters. The average molecular weight is 410 g/mol. The van der Waals surface area contributed by atoms with Crippen molar-refractivity contribution in [3.63, 3.8) is 0 Å². The maximum Gasteiger partial charge on any atom is 0.233 e. The van der Waals surface area contributed by atoms with Crippen molar-refractivity contribution in [2.24, 2.45) is 0 Å². The predicted molar refractivity (Wildman–Crippen MR) is 112 cm³/mol. The van der Waals surface area contributed by atoms with Crippen molar-refractivity contribution in [2.45, 2.75) is 19.0 Å². The van der Waals surface area contributed by atoms with Crippen LogP contribution in [0.15, 0.2) is 47.8 Å². The Balaban J connectivity index is 1.35. The summed E-state index contributed by atoms with van der Waals surface area (Å²) < 4.78 is 1.71. The molecule has 9 heteroatoms. The van der Waals surface area contributed by atoms with Gasteiger partial charge in [-0.05, 0) is 53.6 Å². The van der Waals surface area contributed by atoms with Crippen LogP contribution in [-0.2, 0) is 4.79 Å². The Morgan fingerprint density at radius 2 is 1.93 bits per heavy atom. The maximum absolute atomic E-state index is 12.7. The van der Waals surface area contributed by atoms with Crippen LogP contribution in [0.5, 0.6) is 0 Å². The fourth-order valence-corrected chi connectivity index (χ4v) is 4.10. The molecule has 0 spiro atoms. The summed E-state index contributed by atoms with van der Waals surface area (Å²) in [6, 6.07) is 12.1. The number of piperazine rings is 1. The Kier molecular flexibility index (Phi) is 5.75. The van der Waals surface area contributed by atoms with E-state index in [9.17, 15) is 4.79 Å². The van der Waals surface area contributed by atoms with E-state index in [0.29, 0.717) is 24.0 Å². The number of aromatic nitrogens is 5. The van der Waals surface area contributed by atoms with Crippen molar-refractivity contribution < 1.29 is 4.79 Å². The van der Waals surface area contributed by atoms with Crippen LogP contribution in [0.25, 0.3) is 5.69 Å². The molecule has 1 amide bonds. The first-order chi connectivity index (χ1) is 14.1. The molecule has 3 heterocycles. The van der Waals surface area contributed by atoms with Gasteiger partial charge in [-0.25, -0.2) is 4.98 Å². The third kappa shape index (κ3) is 4.40. The summed E-state index contributed by atoms with van der Waals surface area (Å²) >= 11 is 1.37. The second-order valence-corrected chi connectivity index (χ2v) is 7.95. The van der Waals surface area contributed by atoms with Crippen LogP contribution >= 0.6 is 11.8 Å². The van der Waals surface area contributed by atoms with Gasteiger partial charge in [0.2, 0.25) is 11.1 Å². The molecule has 3 aromatic rings. The zero-order valence-electron chi connectivity index (χ0n) is 16.5. The van der Waals surface area contributed by atoms with Gasteiger partial charge in [0.05, 0.1) is 11.4 Å². The van der Waals surface area contributed by atoms with Crippen LogP contribution in [0.3, 0.4) is 0 Å². The summed E-state index contributed by atoms with van der Waals surface area (Å²) in [6.07, 6.45) is 1.80. The van der Waals surface area contributed by atoms with Crippen LogP contribution in [0.1, 0.15) is 11.1 Å². The Morgan fingerprint density at radius 1 is 1.10 bits per heavy atom. The number of amides is 1. The zero-order valence-corrected chi connectivity index (χ0v) is 17.3. The number of carbonyl (C=O) groups excluding carboxylic acids is 1. The van der Waals surface area contributed by atoms with Gasteiger partial charge in [-0.2, -0.15) is 4.68 Å². The van der Waals surface area contributed by atoms with Gasteiger partial charge in [0.25, 0.3) is 0 Å². The smallest absolute Gasteiger partial charge is 0.233 e. The third-order valence-electron chi connectivity index (χ3n) is 4.96. The summed E-state index contributed by atoms with van der Waals surface area (Å²) in [4.78, 5) is 21.2. The Hall–Kier alpha value is -2.94. The van der Waals surface area contributed by atoms with Crippen molar-refractivity contribution in [2.75, 3.05) is 36.8 Å². The van der Waals surface area contributed by atoms with Gasteiger partial charge in [0.1, 0.15) is 5.82 Å². The molecule has 8 nitrogen and oxygen atoms in total. The molecule has 29 heavy (non-hydrogen) atoms. The summed E-state index contributed by atoms with van der Waals surface area (Å²) in [5.41, 5.74) is 3.16. The zero-order chi connectivity index (χ0) is 20.2. The fraction of sp³-hybridized carbons (Fsp3) is 0.350. The molecule has 1 aliphatic rings. The quantitative estimate of drug-likeness (QED) is 0.597. The Bertz CT molecular complexity index is 984. The van der Waals surface area contributed by atoms with Crippen molar-refractivity contribution >= 4 is 23.5 Å². The average Bonchev–Trinajstić information content (AvgIpc) is 3.23. The highest BCUT2D eigenvalue weighted by atomic mass is 32.2. The molecular weight excluding hydrogens is 386 g/mol. The minimum absolute atomic E-state index is 0.103. The van der Waals surface area contributed by atoms with Crippen LogP contribution in [0.4, 0.5) is 5.82 Å². The van der Waals surface area contributed by atoms with Crippen LogP contribution in [0, 0.1) is 13.8 Å². The highest BCUT2D eigenvalue weighted by molar-refractivity contribution is 7.99. The molecule has 0 bridgehead atoms. The summed E-state index contributed by atoms with van der Waals surface area (Å²) in [5.74, 6) is 1.38. The number of thioether (sulfide) groups is 1. The first-order valence-electron chi connectivity index (χ1n) is 9.54. The van der Waals surface area contributed by atoms with Gasteiger partial charge < -0.3 is 9.80 Å². The molecule has 1 aliphatic heterocycles. The number of nitrogens with zero attached hydrogens (tertiary/aromatic N) is 7. The van der Waals surface area contributed by atoms with Crippen molar-refractivity contribution in [3.05, 3.63) is 53.7 Å². The highest BCUT2D eigenvalue weighted by Crippen LogP contribution is 2.22. The standard InChI is InChI=1S/C20H23N7OS/c1-15-6-7-16(2)17(13-15)27-20(22-23-24-27)29-14-19(28)26-11-9-25(10-12-26)18-5-3-4-8-21-18/h3-8,13H,9-12,14H2,1-2H3. The van der Waals surface area contributed by atoms with E-state index >= 15 is 0 Å². The molecule has 0 aliphatic carbocycles. The molecule has 1 fully saturated rings. The van der Waals surface area contributed by atoms with E-state index in [1.54, 1.807) is 10.9 Å². The molecule has 0 saturated carbocycles. The third-order valence-corrected chi connectivity index (χ3v) is 5.87. The lowest BCUT2D eigenvalue weighted by Gasteiger charge is -2.35. The van der Waals surface area contributed by atoms with E-state index in [0.717, 1.165) is 35.7 Å². The van der Waals surface area contributed by atoms with Crippen molar-refractivity contribution in [1.29, 1.82) is 0 Å². The molecule has 0 radical (unpaired) electrons. The summed E-state index contributed by atoms with van der Waals surface area (Å²) in [7, 11) is 0. The van der Waals surface area contributed by atoms with Gasteiger partial charge in [0, 0.05) is 32.4 Å². The molecule has 2 aromatic heterocycles. The lowest BCUT2D eigenvalue weighted by Crippen LogP contribution is -2.49. The first kappa shape index (κ1) is 19.4. The van der Waals surface area contributed by atoms with E-state index in [1.165, 1.54) is 11.8 Å². The number of pyridine rings is 1. The van der Waals surface area contributed by atoms with Gasteiger partial charge in [-0.15, -0.1) is 5.10 Å². The van der Waals surface area contributed by atoms with Gasteiger partial charge in [-0.3, -0.25) is 4.79 Å². The second-order valence-electron chi connectivity index (χ2n) is 7.01. The topological polar surface area (TPSA) is 80.0 Å². The lowest BCUT2D eigenvalue weighted by molar-refractivity contribution is -0.128. The lowest BCUT2D eigenvalue weighted by atomic mass is 10.1. The number of benzene rings is 1. The van der Waals surface area contributed by atoms with Crippen LogP contribution in [-0.4, -0.2) is 67.9 Å².